The minimum absolute atomic E-state index is 0.0750. The quantitative estimate of drug-likeness (QED) is 0.523. The third-order valence-electron chi connectivity index (χ3n) is 4.79. The number of carbonyl (C=O) groups is 2. The van der Waals surface area contributed by atoms with Gasteiger partial charge >= 0.3 is 5.97 Å². The van der Waals surface area contributed by atoms with Crippen LogP contribution in [0.4, 0.5) is 0 Å². The number of hydrogen-bond acceptors (Lipinski definition) is 3. The highest BCUT2D eigenvalue weighted by Gasteiger charge is 2.35. The Balaban J connectivity index is 2.59. The van der Waals surface area contributed by atoms with E-state index in [4.69, 9.17) is 4.74 Å². The zero-order valence-corrected chi connectivity index (χ0v) is 13.5. The summed E-state index contributed by atoms with van der Waals surface area (Å²) in [6.45, 7) is 6.59. The van der Waals surface area contributed by atoms with Crippen molar-refractivity contribution >= 4 is 11.8 Å². The minimum Gasteiger partial charge on any atom is -0.468 e. The van der Waals surface area contributed by atoms with Crippen LogP contribution in [0.3, 0.4) is 0 Å². The molecule has 0 N–H and O–H groups in total. The van der Waals surface area contributed by atoms with Crippen LogP contribution in [0.1, 0.15) is 65.7 Å². The average molecular weight is 282 g/mol. The van der Waals surface area contributed by atoms with Crippen molar-refractivity contribution in [1.29, 1.82) is 0 Å². The van der Waals surface area contributed by atoms with Crippen LogP contribution in [-0.4, -0.2) is 18.9 Å². The maximum Gasteiger partial charge on any atom is 0.316 e. The van der Waals surface area contributed by atoms with Crippen molar-refractivity contribution in [3.8, 4) is 0 Å². The zero-order valence-electron chi connectivity index (χ0n) is 13.5. The first-order valence-electron chi connectivity index (χ1n) is 8.12. The predicted octanol–water partition coefficient (Wildman–Crippen LogP) is 4.00. The molecule has 116 valence electrons. The van der Waals surface area contributed by atoms with Gasteiger partial charge in [0.2, 0.25) is 0 Å². The van der Waals surface area contributed by atoms with Gasteiger partial charge in [-0.1, -0.05) is 33.6 Å². The summed E-state index contributed by atoms with van der Waals surface area (Å²) in [5.41, 5.74) is 0. The molecule has 1 saturated carbocycles. The number of hydrogen-bond donors (Lipinski definition) is 0. The van der Waals surface area contributed by atoms with Gasteiger partial charge in [0.05, 0.1) is 7.11 Å². The summed E-state index contributed by atoms with van der Waals surface area (Å²) < 4.78 is 4.82. The fraction of sp³-hybridized carbons (Fsp3) is 0.882. The van der Waals surface area contributed by atoms with Gasteiger partial charge in [-0.05, 0) is 43.9 Å². The van der Waals surface area contributed by atoms with E-state index in [1.807, 2.05) is 0 Å². The SMILES string of the molecule is CCCCC(C(=O)OC)C(=O)C1CCC(C(C)C)CC1. The van der Waals surface area contributed by atoms with E-state index < -0.39 is 5.92 Å². The van der Waals surface area contributed by atoms with Crippen molar-refractivity contribution in [3.05, 3.63) is 0 Å². The van der Waals surface area contributed by atoms with Crippen molar-refractivity contribution in [2.75, 3.05) is 7.11 Å². The van der Waals surface area contributed by atoms with E-state index in [-0.39, 0.29) is 17.7 Å². The zero-order chi connectivity index (χ0) is 15.1. The third kappa shape index (κ3) is 4.60. The summed E-state index contributed by atoms with van der Waals surface area (Å²) in [4.78, 5) is 24.4. The number of Topliss-reactive ketones (excluding diaryl/α,β-unsaturated/α-hetero) is 1. The standard InChI is InChI=1S/C17H30O3/c1-5-6-7-15(17(19)20-4)16(18)14-10-8-13(9-11-14)12(2)3/h12-15H,5-11H2,1-4H3. The Labute approximate surface area is 123 Å². The molecule has 1 rings (SSSR count). The van der Waals surface area contributed by atoms with Crippen molar-refractivity contribution in [2.24, 2.45) is 23.7 Å². The fourth-order valence-corrected chi connectivity index (χ4v) is 3.28. The molecule has 1 atom stereocenters. The normalized spacial score (nSPS) is 24.4. The van der Waals surface area contributed by atoms with E-state index in [0.717, 1.165) is 44.4 Å². The number of carbonyl (C=O) groups excluding carboxylic acids is 2. The van der Waals surface area contributed by atoms with Gasteiger partial charge in [0.15, 0.2) is 0 Å². The molecule has 0 radical (unpaired) electrons. The smallest absolute Gasteiger partial charge is 0.316 e. The lowest BCUT2D eigenvalue weighted by Crippen LogP contribution is -2.33. The number of ether oxygens (including phenoxy) is 1. The Morgan fingerprint density at radius 1 is 1.15 bits per heavy atom. The van der Waals surface area contributed by atoms with Crippen LogP contribution in [0.5, 0.6) is 0 Å². The fourth-order valence-electron chi connectivity index (χ4n) is 3.28. The number of rotatable bonds is 7. The molecule has 0 aromatic carbocycles. The molecular weight excluding hydrogens is 252 g/mol. The van der Waals surface area contributed by atoms with Gasteiger partial charge in [-0.3, -0.25) is 9.59 Å². The topological polar surface area (TPSA) is 43.4 Å². The molecule has 1 aliphatic carbocycles. The molecule has 1 unspecified atom stereocenters. The summed E-state index contributed by atoms with van der Waals surface area (Å²) in [6.07, 6.45) is 6.69. The largest absolute Gasteiger partial charge is 0.468 e. The maximum absolute atomic E-state index is 12.6. The lowest BCUT2D eigenvalue weighted by Gasteiger charge is -2.31. The number of esters is 1. The van der Waals surface area contributed by atoms with Crippen LogP contribution in [0.2, 0.25) is 0 Å². The van der Waals surface area contributed by atoms with Crippen LogP contribution in [-0.2, 0) is 14.3 Å². The predicted molar refractivity (Wildman–Crippen MR) is 80.3 cm³/mol. The molecule has 0 heterocycles. The molecule has 1 aliphatic rings. The maximum atomic E-state index is 12.6. The third-order valence-corrected chi connectivity index (χ3v) is 4.79. The van der Waals surface area contributed by atoms with Crippen molar-refractivity contribution in [1.82, 2.24) is 0 Å². The first-order chi connectivity index (χ1) is 9.51. The van der Waals surface area contributed by atoms with Crippen molar-refractivity contribution in [3.63, 3.8) is 0 Å². The van der Waals surface area contributed by atoms with E-state index in [0.29, 0.717) is 12.3 Å². The van der Waals surface area contributed by atoms with E-state index in [9.17, 15) is 9.59 Å². The molecule has 3 nitrogen and oxygen atoms in total. The van der Waals surface area contributed by atoms with Gasteiger partial charge in [0.1, 0.15) is 11.7 Å². The van der Waals surface area contributed by atoms with Gasteiger partial charge < -0.3 is 4.74 Å². The van der Waals surface area contributed by atoms with Gasteiger partial charge in [-0.15, -0.1) is 0 Å². The summed E-state index contributed by atoms with van der Waals surface area (Å²) in [6, 6.07) is 0. The van der Waals surface area contributed by atoms with E-state index in [2.05, 4.69) is 20.8 Å². The van der Waals surface area contributed by atoms with Crippen LogP contribution < -0.4 is 0 Å². The molecule has 0 aliphatic heterocycles. The van der Waals surface area contributed by atoms with E-state index in [1.165, 1.54) is 7.11 Å². The molecule has 0 saturated heterocycles. The summed E-state index contributed by atoms with van der Waals surface area (Å²) in [5, 5.41) is 0. The summed E-state index contributed by atoms with van der Waals surface area (Å²) >= 11 is 0. The molecule has 0 spiro atoms. The van der Waals surface area contributed by atoms with Gasteiger partial charge in [0.25, 0.3) is 0 Å². The van der Waals surface area contributed by atoms with Gasteiger partial charge in [0, 0.05) is 5.92 Å². The highest BCUT2D eigenvalue weighted by Crippen LogP contribution is 2.35. The van der Waals surface area contributed by atoms with Gasteiger partial charge in [-0.25, -0.2) is 0 Å². The molecular formula is C17H30O3. The number of ketones is 1. The highest BCUT2D eigenvalue weighted by atomic mass is 16.5. The van der Waals surface area contributed by atoms with Gasteiger partial charge in [-0.2, -0.15) is 0 Å². The molecule has 3 heteroatoms. The molecule has 1 fully saturated rings. The van der Waals surface area contributed by atoms with Crippen LogP contribution in [0.15, 0.2) is 0 Å². The first-order valence-corrected chi connectivity index (χ1v) is 8.12. The van der Waals surface area contributed by atoms with Crippen LogP contribution in [0, 0.1) is 23.7 Å². The van der Waals surface area contributed by atoms with Crippen LogP contribution in [0.25, 0.3) is 0 Å². The monoisotopic (exact) mass is 282 g/mol. The Hall–Kier alpha value is -0.860. The second kappa shape index (κ2) is 8.43. The van der Waals surface area contributed by atoms with E-state index >= 15 is 0 Å². The first kappa shape index (κ1) is 17.2. The molecule has 0 amide bonds. The Morgan fingerprint density at radius 2 is 1.75 bits per heavy atom. The summed E-state index contributed by atoms with van der Waals surface area (Å²) in [7, 11) is 1.38. The van der Waals surface area contributed by atoms with Crippen molar-refractivity contribution < 1.29 is 14.3 Å². The lowest BCUT2D eigenvalue weighted by atomic mass is 9.73. The number of methoxy groups -OCH3 is 1. The summed E-state index contributed by atoms with van der Waals surface area (Å²) in [5.74, 6) is 0.780. The molecule has 0 aromatic heterocycles. The van der Waals surface area contributed by atoms with Crippen LogP contribution >= 0.6 is 0 Å². The minimum atomic E-state index is -0.527. The van der Waals surface area contributed by atoms with E-state index in [1.54, 1.807) is 0 Å². The Bertz CT molecular complexity index is 314. The number of unbranched alkanes of at least 4 members (excludes halogenated alkanes) is 1. The molecule has 0 aromatic rings. The highest BCUT2D eigenvalue weighted by molar-refractivity contribution is 6.00. The second-order valence-electron chi connectivity index (χ2n) is 6.48. The average Bonchev–Trinajstić information content (AvgIpc) is 2.47. The lowest BCUT2D eigenvalue weighted by molar-refractivity contribution is -0.151. The van der Waals surface area contributed by atoms with Crippen molar-refractivity contribution in [2.45, 2.75) is 65.7 Å². The Kier molecular flexibility index (Phi) is 7.25. The second-order valence-corrected chi connectivity index (χ2v) is 6.48. The molecule has 20 heavy (non-hydrogen) atoms. The molecule has 0 bridgehead atoms. The Morgan fingerprint density at radius 3 is 2.20 bits per heavy atom.